The van der Waals surface area contributed by atoms with Gasteiger partial charge in [0.15, 0.2) is 0 Å². The summed E-state index contributed by atoms with van der Waals surface area (Å²) in [5.74, 6) is 0. The normalized spacial score (nSPS) is 8.50. The van der Waals surface area contributed by atoms with Gasteiger partial charge in [-0.3, -0.25) is 8.92 Å². The van der Waals surface area contributed by atoms with Gasteiger partial charge in [0.1, 0.15) is 7.38 Å². The Balaban J connectivity index is 0. The predicted molar refractivity (Wildman–Crippen MR) is 36.3 cm³/mol. The third-order valence-corrected chi connectivity index (χ3v) is 0. The van der Waals surface area contributed by atoms with Crippen molar-refractivity contribution >= 4 is 27.8 Å². The first-order valence-corrected chi connectivity index (χ1v) is 7.43. The molecule has 0 aliphatic heterocycles. The molecule has 0 heterocycles. The topological polar surface area (TPSA) is 34.1 Å². The maximum atomic E-state index is 8.40. The standard InChI is InChI=1S/C3H9ClSi.O2Si/c1-5(2,3)4;1-3-2/h1-3H3;. The molecule has 0 aliphatic carbocycles. The van der Waals surface area contributed by atoms with Crippen molar-refractivity contribution in [2.24, 2.45) is 0 Å². The molecule has 48 valence electrons. The number of rotatable bonds is 0. The van der Waals surface area contributed by atoms with Crippen molar-refractivity contribution in [3.63, 3.8) is 0 Å². The number of halogens is 1. The second-order valence-electron chi connectivity index (χ2n) is 2.15. The van der Waals surface area contributed by atoms with Gasteiger partial charge in [-0.2, -0.15) is 11.1 Å². The molecular formula is C3H9ClO2Si2. The first kappa shape index (κ1) is 11.2. The summed E-state index contributed by atoms with van der Waals surface area (Å²) in [4.78, 5) is 0. The van der Waals surface area contributed by atoms with Gasteiger partial charge in [-0.1, -0.05) is 19.6 Å². The van der Waals surface area contributed by atoms with E-state index in [1.165, 1.54) is 0 Å². The summed E-state index contributed by atoms with van der Waals surface area (Å²) in [7, 11) is -2.56. The highest BCUT2D eigenvalue weighted by molar-refractivity contribution is 7.18. The van der Waals surface area contributed by atoms with Gasteiger partial charge in [0, 0.05) is 0 Å². The Hall–Kier alpha value is 0.324. The van der Waals surface area contributed by atoms with Crippen molar-refractivity contribution in [3.8, 4) is 0 Å². The van der Waals surface area contributed by atoms with Gasteiger partial charge in [-0.15, -0.1) is 0 Å². The molecule has 0 aromatic rings. The molecule has 0 bridgehead atoms. The Kier molecular flexibility index (Phi) is 7.62. The largest absolute Gasteiger partial charge is 0.549 e. The van der Waals surface area contributed by atoms with Crippen LogP contribution in [0.3, 0.4) is 0 Å². The van der Waals surface area contributed by atoms with E-state index in [4.69, 9.17) is 20.0 Å². The maximum absolute atomic E-state index is 8.40. The van der Waals surface area contributed by atoms with Crippen LogP contribution in [0.4, 0.5) is 0 Å². The minimum Gasteiger partial charge on any atom is -0.274 e. The Morgan fingerprint density at radius 3 is 1.25 bits per heavy atom. The van der Waals surface area contributed by atoms with E-state index < -0.39 is 16.7 Å². The summed E-state index contributed by atoms with van der Waals surface area (Å²) in [6.07, 6.45) is 0. The van der Waals surface area contributed by atoms with Gasteiger partial charge in [0.2, 0.25) is 0 Å². The maximum Gasteiger partial charge on any atom is 0.549 e. The lowest BCUT2D eigenvalue weighted by Crippen LogP contribution is -2.06. The van der Waals surface area contributed by atoms with Crippen LogP contribution in [-0.4, -0.2) is 16.7 Å². The van der Waals surface area contributed by atoms with Crippen LogP contribution in [0.1, 0.15) is 0 Å². The Morgan fingerprint density at radius 1 is 1.25 bits per heavy atom. The third-order valence-electron chi connectivity index (χ3n) is 0. The van der Waals surface area contributed by atoms with Crippen LogP contribution >= 0.6 is 11.1 Å². The minimum atomic E-state index is -1.42. The van der Waals surface area contributed by atoms with Gasteiger partial charge < -0.3 is 0 Å². The van der Waals surface area contributed by atoms with E-state index in [0.717, 1.165) is 0 Å². The second kappa shape index (κ2) is 5.46. The van der Waals surface area contributed by atoms with E-state index in [9.17, 15) is 0 Å². The van der Waals surface area contributed by atoms with Crippen LogP contribution < -0.4 is 0 Å². The highest BCUT2D eigenvalue weighted by Gasteiger charge is 2.04. The molecule has 0 unspecified atom stereocenters. The lowest BCUT2D eigenvalue weighted by molar-refractivity contribution is 0.497. The van der Waals surface area contributed by atoms with Gasteiger partial charge >= 0.3 is 9.29 Å². The zero-order valence-corrected chi connectivity index (χ0v) is 7.95. The fraction of sp³-hybridized carbons (Fsp3) is 1.00. The van der Waals surface area contributed by atoms with Crippen LogP contribution in [0.15, 0.2) is 0 Å². The fourth-order valence-electron chi connectivity index (χ4n) is 0. The zero-order valence-electron chi connectivity index (χ0n) is 5.19. The molecule has 0 fully saturated rings. The van der Waals surface area contributed by atoms with Crippen LogP contribution in [0.5, 0.6) is 0 Å². The minimum absolute atomic E-state index is 1.14. The SMILES string of the molecule is C[Si](C)(C)Cl.O=[Si]=O. The highest BCUT2D eigenvalue weighted by atomic mass is 35.6. The molecule has 0 atom stereocenters. The highest BCUT2D eigenvalue weighted by Crippen LogP contribution is 2.03. The summed E-state index contributed by atoms with van der Waals surface area (Å²) >= 11 is 5.67. The average Bonchev–Trinajstić information content (AvgIpc) is 1.27. The molecule has 8 heavy (non-hydrogen) atoms. The van der Waals surface area contributed by atoms with Gasteiger partial charge in [-0.25, -0.2) is 0 Å². The molecule has 0 aromatic heterocycles. The monoisotopic (exact) mass is 168 g/mol. The molecule has 2 nitrogen and oxygen atoms in total. The molecular weight excluding hydrogens is 160 g/mol. The molecule has 0 radical (unpaired) electrons. The van der Waals surface area contributed by atoms with E-state index in [2.05, 4.69) is 19.6 Å². The Labute approximate surface area is 56.9 Å². The fourth-order valence-corrected chi connectivity index (χ4v) is 0. The summed E-state index contributed by atoms with van der Waals surface area (Å²) in [6.45, 7) is 6.28. The Morgan fingerprint density at radius 2 is 1.25 bits per heavy atom. The van der Waals surface area contributed by atoms with Crippen LogP contribution in [-0.2, 0) is 8.92 Å². The molecule has 0 saturated carbocycles. The molecule has 0 N–H and O–H groups in total. The predicted octanol–water partition coefficient (Wildman–Crippen LogP) is 1.44. The van der Waals surface area contributed by atoms with Gasteiger partial charge in [0.05, 0.1) is 0 Å². The molecule has 5 heteroatoms. The van der Waals surface area contributed by atoms with Crippen molar-refractivity contribution in [3.05, 3.63) is 0 Å². The second-order valence-corrected chi connectivity index (χ2v) is 9.85. The first-order valence-electron chi connectivity index (χ1n) is 2.10. The summed E-state index contributed by atoms with van der Waals surface area (Å²) < 4.78 is 16.8. The van der Waals surface area contributed by atoms with Crippen molar-refractivity contribution in [2.45, 2.75) is 19.6 Å². The van der Waals surface area contributed by atoms with E-state index in [1.807, 2.05) is 0 Å². The van der Waals surface area contributed by atoms with Crippen molar-refractivity contribution in [2.75, 3.05) is 0 Å². The lowest BCUT2D eigenvalue weighted by Gasteiger charge is -1.97. The molecule has 0 spiro atoms. The molecule has 0 rings (SSSR count). The molecule has 0 saturated heterocycles. The molecule has 0 aliphatic rings. The zero-order chi connectivity index (χ0) is 7.21. The molecule has 0 aromatic carbocycles. The van der Waals surface area contributed by atoms with E-state index in [1.54, 1.807) is 0 Å². The van der Waals surface area contributed by atoms with Gasteiger partial charge in [0.25, 0.3) is 0 Å². The lowest BCUT2D eigenvalue weighted by atomic mass is 11.8. The first-order chi connectivity index (χ1) is 3.41. The average molecular weight is 169 g/mol. The van der Waals surface area contributed by atoms with E-state index in [0.29, 0.717) is 0 Å². The number of hydrogen-bond acceptors (Lipinski definition) is 2. The quantitative estimate of drug-likeness (QED) is 0.405. The smallest absolute Gasteiger partial charge is 0.274 e. The van der Waals surface area contributed by atoms with Crippen molar-refractivity contribution in [1.29, 1.82) is 0 Å². The summed E-state index contributed by atoms with van der Waals surface area (Å²) in [5, 5.41) is 0. The van der Waals surface area contributed by atoms with Gasteiger partial charge in [-0.05, 0) is 0 Å². The van der Waals surface area contributed by atoms with Crippen LogP contribution in [0, 0.1) is 0 Å². The Bertz CT molecular complexity index is 75.8. The van der Waals surface area contributed by atoms with Crippen LogP contribution in [0.25, 0.3) is 0 Å². The van der Waals surface area contributed by atoms with Crippen molar-refractivity contribution in [1.82, 2.24) is 0 Å². The number of hydrogen-bond donors (Lipinski definition) is 0. The summed E-state index contributed by atoms with van der Waals surface area (Å²) in [5.41, 5.74) is 0. The van der Waals surface area contributed by atoms with E-state index >= 15 is 0 Å². The van der Waals surface area contributed by atoms with Crippen molar-refractivity contribution < 1.29 is 8.92 Å². The molecule has 0 amide bonds. The van der Waals surface area contributed by atoms with E-state index in [-0.39, 0.29) is 0 Å². The summed E-state index contributed by atoms with van der Waals surface area (Å²) in [6, 6.07) is 0. The third kappa shape index (κ3) is 1710. The van der Waals surface area contributed by atoms with Crippen LogP contribution in [0.2, 0.25) is 19.6 Å².